The average Bonchev–Trinajstić information content (AvgIpc) is 3.58. The standard InChI is InChI=1S/C34H33F6N7O5S/c1-32(2,3)52-31(50)47-15-14-46(18-21(47)17-45(4)30(49)34(38,39)40)27-23(43-28(48)24-19-53-29(44-24)20-12-13-41-42-16-20)10-11-25(26(27)33(35,36)37)51-22-8-6-5-7-9-22/h5-13,16,19,21H,14-15,17-18H2,1-4H3,(H,43,48)/t21-/m0/s1. The fourth-order valence-corrected chi connectivity index (χ4v) is 6.27. The van der Waals surface area contributed by atoms with E-state index < -0.39 is 72.0 Å². The zero-order valence-electron chi connectivity index (χ0n) is 28.7. The first-order valence-corrected chi connectivity index (χ1v) is 16.8. The van der Waals surface area contributed by atoms with Gasteiger partial charge in [0.15, 0.2) is 0 Å². The molecule has 0 radical (unpaired) electrons. The molecule has 53 heavy (non-hydrogen) atoms. The summed E-state index contributed by atoms with van der Waals surface area (Å²) < 4.78 is 97.0. The minimum atomic E-state index is -5.26. The fourth-order valence-electron chi connectivity index (χ4n) is 5.48. The number of likely N-dealkylation sites (N-methyl/N-ethyl adjacent to an activating group) is 1. The number of nitrogens with one attached hydrogen (secondary N) is 1. The van der Waals surface area contributed by atoms with Gasteiger partial charge in [-0.25, -0.2) is 9.78 Å². The second kappa shape index (κ2) is 15.3. The number of anilines is 2. The molecule has 2 aromatic carbocycles. The minimum Gasteiger partial charge on any atom is -0.457 e. The number of rotatable bonds is 8. The predicted octanol–water partition coefficient (Wildman–Crippen LogP) is 7.11. The summed E-state index contributed by atoms with van der Waals surface area (Å²) in [4.78, 5) is 45.8. The zero-order valence-corrected chi connectivity index (χ0v) is 29.5. The van der Waals surface area contributed by atoms with E-state index in [1.165, 1.54) is 40.9 Å². The normalized spacial score (nSPS) is 15.2. The first-order valence-electron chi connectivity index (χ1n) is 15.9. The van der Waals surface area contributed by atoms with E-state index in [0.717, 1.165) is 29.4 Å². The number of para-hydroxylation sites is 1. The molecule has 1 aliphatic heterocycles. The van der Waals surface area contributed by atoms with Crippen LogP contribution in [0, 0.1) is 0 Å². The van der Waals surface area contributed by atoms with Crippen molar-refractivity contribution in [3.63, 3.8) is 0 Å². The van der Waals surface area contributed by atoms with Crippen LogP contribution in [0.5, 0.6) is 11.5 Å². The van der Waals surface area contributed by atoms with E-state index in [0.29, 0.717) is 15.5 Å². The van der Waals surface area contributed by atoms with E-state index in [-0.39, 0.29) is 30.2 Å². The molecule has 3 heterocycles. The maximum absolute atomic E-state index is 15.2. The Balaban J connectivity index is 1.58. The largest absolute Gasteiger partial charge is 0.471 e. The number of ether oxygens (including phenoxy) is 2. The van der Waals surface area contributed by atoms with Crippen LogP contribution in [0.15, 0.2) is 66.3 Å². The van der Waals surface area contributed by atoms with Crippen molar-refractivity contribution in [2.24, 2.45) is 0 Å². The number of hydrogen-bond donors (Lipinski definition) is 1. The molecular formula is C34H33F6N7O5S. The van der Waals surface area contributed by atoms with Crippen molar-refractivity contribution in [1.82, 2.24) is 25.0 Å². The molecule has 1 saturated heterocycles. The second-order valence-electron chi connectivity index (χ2n) is 12.8. The number of carbonyl (C=O) groups excluding carboxylic acids is 3. The molecular weight excluding hydrogens is 732 g/mol. The van der Waals surface area contributed by atoms with Gasteiger partial charge in [-0.05, 0) is 51.1 Å². The van der Waals surface area contributed by atoms with Crippen molar-refractivity contribution < 1.29 is 50.2 Å². The lowest BCUT2D eigenvalue weighted by molar-refractivity contribution is -0.184. The fraction of sp³-hybridized carbons (Fsp3) is 0.353. The summed E-state index contributed by atoms with van der Waals surface area (Å²) in [6, 6.07) is 10.2. The van der Waals surface area contributed by atoms with Gasteiger partial charge in [-0.1, -0.05) is 18.2 Å². The highest BCUT2D eigenvalue weighted by Gasteiger charge is 2.45. The Morgan fingerprint density at radius 1 is 0.981 bits per heavy atom. The molecule has 0 saturated carbocycles. The molecule has 0 aliphatic carbocycles. The second-order valence-corrected chi connectivity index (χ2v) is 13.7. The molecule has 1 N–H and O–H groups in total. The van der Waals surface area contributed by atoms with Crippen LogP contribution >= 0.6 is 11.3 Å². The Morgan fingerprint density at radius 2 is 1.70 bits per heavy atom. The van der Waals surface area contributed by atoms with Crippen molar-refractivity contribution in [1.29, 1.82) is 0 Å². The summed E-state index contributed by atoms with van der Waals surface area (Å²) in [5.41, 5.74) is -2.80. The molecule has 0 spiro atoms. The number of thiazole rings is 1. The van der Waals surface area contributed by atoms with Crippen molar-refractivity contribution in [2.75, 3.05) is 43.4 Å². The third kappa shape index (κ3) is 9.51. The first-order chi connectivity index (χ1) is 24.8. The Hall–Kier alpha value is -5.46. The zero-order chi connectivity index (χ0) is 38.7. The Morgan fingerprint density at radius 3 is 2.32 bits per heavy atom. The summed E-state index contributed by atoms with van der Waals surface area (Å²) >= 11 is 1.09. The number of carbonyl (C=O) groups is 3. The molecule has 5 rings (SSSR count). The molecule has 1 fully saturated rings. The van der Waals surface area contributed by atoms with Crippen LogP contribution in [0.4, 0.5) is 42.5 Å². The van der Waals surface area contributed by atoms with Gasteiger partial charge in [0.1, 0.15) is 33.4 Å². The highest BCUT2D eigenvalue weighted by Crippen LogP contribution is 2.48. The number of hydrogen-bond acceptors (Lipinski definition) is 10. The molecule has 282 valence electrons. The molecule has 1 atom stereocenters. The average molecular weight is 766 g/mol. The van der Waals surface area contributed by atoms with E-state index in [2.05, 4.69) is 20.5 Å². The summed E-state index contributed by atoms with van der Waals surface area (Å²) in [5, 5.41) is 11.8. The van der Waals surface area contributed by atoms with Crippen LogP contribution in [0.2, 0.25) is 0 Å². The van der Waals surface area contributed by atoms with Gasteiger partial charge < -0.3 is 24.6 Å². The lowest BCUT2D eigenvalue weighted by Crippen LogP contribution is -2.60. The molecule has 4 aromatic rings. The molecule has 3 amide bonds. The highest BCUT2D eigenvalue weighted by atomic mass is 32.1. The van der Waals surface area contributed by atoms with Crippen LogP contribution < -0.4 is 15.0 Å². The van der Waals surface area contributed by atoms with Gasteiger partial charge in [0.05, 0.1) is 29.8 Å². The van der Waals surface area contributed by atoms with E-state index in [9.17, 15) is 27.6 Å². The topological polar surface area (TPSA) is 130 Å². The summed E-state index contributed by atoms with van der Waals surface area (Å²) in [6.45, 7) is 2.86. The Labute approximate surface area is 303 Å². The van der Waals surface area contributed by atoms with Crippen LogP contribution in [0.25, 0.3) is 10.6 Å². The van der Waals surface area contributed by atoms with Gasteiger partial charge in [-0.15, -0.1) is 11.3 Å². The van der Waals surface area contributed by atoms with Crippen LogP contribution in [-0.2, 0) is 15.7 Å². The first kappa shape index (κ1) is 38.8. The van der Waals surface area contributed by atoms with E-state index in [4.69, 9.17) is 9.47 Å². The van der Waals surface area contributed by atoms with E-state index >= 15 is 13.2 Å². The lowest BCUT2D eigenvalue weighted by Gasteiger charge is -2.44. The number of piperazine rings is 1. The number of amides is 3. The molecule has 0 unspecified atom stereocenters. The number of aromatic nitrogens is 3. The van der Waals surface area contributed by atoms with Gasteiger partial charge >= 0.3 is 24.4 Å². The van der Waals surface area contributed by atoms with Gasteiger partial charge in [0.25, 0.3) is 5.91 Å². The molecule has 1 aliphatic rings. The predicted molar refractivity (Wildman–Crippen MR) is 182 cm³/mol. The minimum absolute atomic E-state index is 0.0706. The summed E-state index contributed by atoms with van der Waals surface area (Å²) in [7, 11) is 0.868. The number of halogens is 6. The maximum atomic E-state index is 15.2. The lowest BCUT2D eigenvalue weighted by atomic mass is 10.0. The van der Waals surface area contributed by atoms with Gasteiger partial charge in [-0.3, -0.25) is 14.5 Å². The maximum Gasteiger partial charge on any atom is 0.471 e. The van der Waals surface area contributed by atoms with Gasteiger partial charge in [0.2, 0.25) is 0 Å². The van der Waals surface area contributed by atoms with Gasteiger partial charge in [-0.2, -0.15) is 36.5 Å². The summed E-state index contributed by atoms with van der Waals surface area (Å²) in [5.74, 6) is -3.64. The number of benzene rings is 2. The van der Waals surface area contributed by atoms with E-state index in [1.54, 1.807) is 45.0 Å². The highest BCUT2D eigenvalue weighted by molar-refractivity contribution is 7.13. The number of alkyl halides is 6. The Kier molecular flexibility index (Phi) is 11.2. The van der Waals surface area contributed by atoms with Crippen LogP contribution in [0.1, 0.15) is 36.8 Å². The SMILES string of the molecule is CN(C[C@H]1CN(c2c(NC(=O)c3csc(-c4ccnnc4)n3)ccc(Oc3ccccc3)c2C(F)(F)F)CCN1C(=O)OC(C)(C)C)C(=O)C(F)(F)F. The molecule has 2 aromatic heterocycles. The van der Waals surface area contributed by atoms with Crippen LogP contribution in [0.3, 0.4) is 0 Å². The third-order valence-electron chi connectivity index (χ3n) is 7.71. The quantitative estimate of drug-likeness (QED) is 0.187. The van der Waals surface area contributed by atoms with Crippen molar-refractivity contribution in [2.45, 2.75) is 44.8 Å². The molecule has 19 heteroatoms. The van der Waals surface area contributed by atoms with Crippen LogP contribution in [-0.4, -0.2) is 93.9 Å². The van der Waals surface area contributed by atoms with Gasteiger partial charge in [0, 0.05) is 44.2 Å². The number of nitrogens with zero attached hydrogens (tertiary/aromatic N) is 6. The van der Waals surface area contributed by atoms with Crippen molar-refractivity contribution >= 4 is 40.6 Å². The van der Waals surface area contributed by atoms with E-state index in [1.807, 2.05) is 0 Å². The van der Waals surface area contributed by atoms with Crippen molar-refractivity contribution in [3.05, 3.63) is 77.6 Å². The molecule has 0 bridgehead atoms. The monoisotopic (exact) mass is 765 g/mol. The van der Waals surface area contributed by atoms with Crippen molar-refractivity contribution in [3.8, 4) is 22.1 Å². The smallest absolute Gasteiger partial charge is 0.457 e. The Bertz CT molecular complexity index is 1940. The summed E-state index contributed by atoms with van der Waals surface area (Å²) in [6.07, 6.45) is -8.46. The molecule has 12 nitrogen and oxygen atoms in total. The third-order valence-corrected chi connectivity index (χ3v) is 8.60.